The van der Waals surface area contributed by atoms with Gasteiger partial charge < -0.3 is 0 Å². The van der Waals surface area contributed by atoms with E-state index in [0.29, 0.717) is 6.04 Å². The molecule has 0 bridgehead atoms. The molecule has 0 spiro atoms. The van der Waals surface area contributed by atoms with Crippen molar-refractivity contribution in [3.05, 3.63) is 29.5 Å². The van der Waals surface area contributed by atoms with Gasteiger partial charge in [-0.05, 0) is 39.3 Å². The number of nitrogens with zero attached hydrogens (tertiary/aromatic N) is 2. The number of hydrogen-bond acceptors (Lipinski definition) is 1. The fourth-order valence-electron chi connectivity index (χ4n) is 1.85. The molecule has 2 aromatic rings. The maximum atomic E-state index is 4.59. The highest BCUT2D eigenvalue weighted by molar-refractivity contribution is 5.82. The van der Waals surface area contributed by atoms with Gasteiger partial charge in [0.1, 0.15) is 0 Å². The maximum Gasteiger partial charge on any atom is 0.0928 e. The SMILES string of the molecule is Cc1ccc2c(C)n(C(C)C)nc2c1. The average molecular weight is 188 g/mol. The molecule has 0 aliphatic carbocycles. The van der Waals surface area contributed by atoms with Crippen molar-refractivity contribution in [2.75, 3.05) is 0 Å². The van der Waals surface area contributed by atoms with Gasteiger partial charge in [-0.2, -0.15) is 5.10 Å². The Labute approximate surface area is 84.5 Å². The monoisotopic (exact) mass is 188 g/mol. The van der Waals surface area contributed by atoms with Gasteiger partial charge in [0, 0.05) is 17.1 Å². The second kappa shape index (κ2) is 3.12. The summed E-state index contributed by atoms with van der Waals surface area (Å²) in [6.45, 7) is 8.55. The zero-order valence-corrected chi connectivity index (χ0v) is 9.20. The summed E-state index contributed by atoms with van der Waals surface area (Å²) < 4.78 is 2.09. The molecule has 0 radical (unpaired) electrons. The van der Waals surface area contributed by atoms with Crippen molar-refractivity contribution in [1.82, 2.24) is 9.78 Å². The average Bonchev–Trinajstić information content (AvgIpc) is 2.43. The summed E-state index contributed by atoms with van der Waals surface area (Å²) >= 11 is 0. The highest BCUT2D eigenvalue weighted by Crippen LogP contribution is 2.21. The van der Waals surface area contributed by atoms with Gasteiger partial charge in [-0.25, -0.2) is 0 Å². The Morgan fingerprint density at radius 3 is 2.57 bits per heavy atom. The van der Waals surface area contributed by atoms with Crippen LogP contribution in [0.2, 0.25) is 0 Å². The van der Waals surface area contributed by atoms with Crippen molar-refractivity contribution in [2.24, 2.45) is 0 Å². The van der Waals surface area contributed by atoms with Gasteiger partial charge in [-0.3, -0.25) is 4.68 Å². The van der Waals surface area contributed by atoms with Crippen LogP contribution in [0, 0.1) is 13.8 Å². The summed E-state index contributed by atoms with van der Waals surface area (Å²) in [6.07, 6.45) is 0. The van der Waals surface area contributed by atoms with E-state index >= 15 is 0 Å². The summed E-state index contributed by atoms with van der Waals surface area (Å²) in [5.74, 6) is 0. The van der Waals surface area contributed by atoms with Crippen LogP contribution in [0.25, 0.3) is 10.9 Å². The molecule has 1 heterocycles. The second-order valence-corrected chi connectivity index (χ2v) is 4.14. The molecule has 14 heavy (non-hydrogen) atoms. The minimum atomic E-state index is 0.433. The Balaban J connectivity index is 2.73. The van der Waals surface area contributed by atoms with Crippen molar-refractivity contribution in [3.63, 3.8) is 0 Å². The molecule has 0 N–H and O–H groups in total. The number of benzene rings is 1. The molecule has 1 aromatic heterocycles. The van der Waals surface area contributed by atoms with Gasteiger partial charge in [0.05, 0.1) is 5.52 Å². The molecule has 0 unspecified atom stereocenters. The number of hydrogen-bond donors (Lipinski definition) is 0. The van der Waals surface area contributed by atoms with Crippen LogP contribution in [0.5, 0.6) is 0 Å². The minimum absolute atomic E-state index is 0.433. The Hall–Kier alpha value is -1.31. The van der Waals surface area contributed by atoms with E-state index in [0.717, 1.165) is 5.52 Å². The van der Waals surface area contributed by atoms with Crippen molar-refractivity contribution < 1.29 is 0 Å². The Morgan fingerprint density at radius 1 is 1.21 bits per heavy atom. The fourth-order valence-corrected chi connectivity index (χ4v) is 1.85. The maximum absolute atomic E-state index is 4.59. The van der Waals surface area contributed by atoms with Gasteiger partial charge in [0.25, 0.3) is 0 Å². The molecule has 1 aromatic carbocycles. The Morgan fingerprint density at radius 2 is 1.93 bits per heavy atom. The molecule has 74 valence electrons. The predicted molar refractivity (Wildman–Crippen MR) is 59.6 cm³/mol. The topological polar surface area (TPSA) is 17.8 Å². The molecule has 2 nitrogen and oxygen atoms in total. The van der Waals surface area contributed by atoms with E-state index in [1.807, 2.05) is 0 Å². The Bertz CT molecular complexity index is 466. The molecule has 0 saturated heterocycles. The minimum Gasteiger partial charge on any atom is -0.266 e. The summed E-state index contributed by atoms with van der Waals surface area (Å²) in [4.78, 5) is 0. The molecule has 0 aliphatic rings. The largest absolute Gasteiger partial charge is 0.266 e. The first-order valence-corrected chi connectivity index (χ1v) is 5.05. The van der Waals surface area contributed by atoms with Gasteiger partial charge in [0.15, 0.2) is 0 Å². The van der Waals surface area contributed by atoms with E-state index in [4.69, 9.17) is 0 Å². The molecule has 0 aliphatic heterocycles. The van der Waals surface area contributed by atoms with Crippen LogP contribution in [0.15, 0.2) is 18.2 Å². The summed E-state index contributed by atoms with van der Waals surface area (Å²) in [5, 5.41) is 5.86. The van der Waals surface area contributed by atoms with Gasteiger partial charge in [0.2, 0.25) is 0 Å². The molecule has 0 saturated carbocycles. The summed E-state index contributed by atoms with van der Waals surface area (Å²) in [7, 11) is 0. The van der Waals surface area contributed by atoms with E-state index in [1.165, 1.54) is 16.6 Å². The number of aromatic nitrogens is 2. The lowest BCUT2D eigenvalue weighted by atomic mass is 10.1. The molecule has 2 rings (SSSR count). The van der Waals surface area contributed by atoms with Crippen LogP contribution < -0.4 is 0 Å². The van der Waals surface area contributed by atoms with E-state index in [2.05, 4.69) is 55.7 Å². The van der Waals surface area contributed by atoms with E-state index in [9.17, 15) is 0 Å². The molecular weight excluding hydrogens is 172 g/mol. The molecule has 2 heteroatoms. The molecule has 0 amide bonds. The summed E-state index contributed by atoms with van der Waals surface area (Å²) in [5.41, 5.74) is 3.64. The lowest BCUT2D eigenvalue weighted by Gasteiger charge is -2.06. The lowest BCUT2D eigenvalue weighted by Crippen LogP contribution is -2.04. The van der Waals surface area contributed by atoms with Crippen LogP contribution in [0.4, 0.5) is 0 Å². The van der Waals surface area contributed by atoms with Crippen LogP contribution in [0.1, 0.15) is 31.1 Å². The third kappa shape index (κ3) is 1.31. The highest BCUT2D eigenvalue weighted by atomic mass is 15.3. The van der Waals surface area contributed by atoms with Crippen molar-refractivity contribution >= 4 is 10.9 Å². The van der Waals surface area contributed by atoms with E-state index in [-0.39, 0.29) is 0 Å². The first-order valence-electron chi connectivity index (χ1n) is 5.05. The van der Waals surface area contributed by atoms with Crippen LogP contribution in [-0.4, -0.2) is 9.78 Å². The lowest BCUT2D eigenvalue weighted by molar-refractivity contribution is 0.524. The summed E-state index contributed by atoms with van der Waals surface area (Å²) in [6, 6.07) is 6.87. The molecule has 0 fully saturated rings. The van der Waals surface area contributed by atoms with E-state index in [1.54, 1.807) is 0 Å². The number of aryl methyl sites for hydroxylation is 2. The normalized spacial score (nSPS) is 11.5. The first kappa shape index (κ1) is 9.25. The van der Waals surface area contributed by atoms with Gasteiger partial charge in [-0.1, -0.05) is 12.1 Å². The van der Waals surface area contributed by atoms with Crippen molar-refractivity contribution in [3.8, 4) is 0 Å². The molecular formula is C12H16N2. The quantitative estimate of drug-likeness (QED) is 0.671. The smallest absolute Gasteiger partial charge is 0.0928 e. The van der Waals surface area contributed by atoms with Crippen LogP contribution >= 0.6 is 0 Å². The highest BCUT2D eigenvalue weighted by Gasteiger charge is 2.08. The fraction of sp³-hybridized carbons (Fsp3) is 0.417. The van der Waals surface area contributed by atoms with Gasteiger partial charge >= 0.3 is 0 Å². The zero-order valence-electron chi connectivity index (χ0n) is 9.20. The van der Waals surface area contributed by atoms with Crippen LogP contribution in [-0.2, 0) is 0 Å². The predicted octanol–water partition coefficient (Wildman–Crippen LogP) is 3.23. The van der Waals surface area contributed by atoms with Crippen LogP contribution in [0.3, 0.4) is 0 Å². The zero-order chi connectivity index (χ0) is 10.3. The molecule has 0 atom stereocenters. The van der Waals surface area contributed by atoms with Gasteiger partial charge in [-0.15, -0.1) is 0 Å². The number of rotatable bonds is 1. The Kier molecular flexibility index (Phi) is 2.06. The third-order valence-electron chi connectivity index (χ3n) is 2.59. The van der Waals surface area contributed by atoms with E-state index < -0.39 is 0 Å². The second-order valence-electron chi connectivity index (χ2n) is 4.14. The standard InChI is InChI=1S/C12H16N2/c1-8(2)14-10(4)11-6-5-9(3)7-12(11)13-14/h5-8H,1-4H3. The van der Waals surface area contributed by atoms with Crippen molar-refractivity contribution in [1.29, 1.82) is 0 Å². The number of fused-ring (bicyclic) bond motifs is 1. The van der Waals surface area contributed by atoms with Crippen molar-refractivity contribution in [2.45, 2.75) is 33.7 Å². The third-order valence-corrected chi connectivity index (χ3v) is 2.59. The first-order chi connectivity index (χ1) is 6.59.